The average Bonchev–Trinajstić information content (AvgIpc) is 0.724. The van der Waals surface area contributed by atoms with Gasteiger partial charge in [0.2, 0.25) is 23.6 Å². The summed E-state index contributed by atoms with van der Waals surface area (Å²) in [6.45, 7) is -8.26. The Morgan fingerprint density at radius 1 is 0.278 bits per heavy atom. The highest BCUT2D eigenvalue weighted by Crippen LogP contribution is 2.42. The molecule has 0 aliphatic carbocycles. The van der Waals surface area contributed by atoms with Gasteiger partial charge in [0.25, 0.3) is 0 Å². The van der Waals surface area contributed by atoms with Gasteiger partial charge in [-0.05, 0) is 6.92 Å². The average molecular weight is 1950 g/mol. The lowest BCUT2D eigenvalue weighted by atomic mass is 9.93. The number of carbonyl (C=O) groups is 4. The summed E-state index contributed by atoms with van der Waals surface area (Å²) in [6.07, 6.45) is -110. The van der Waals surface area contributed by atoms with Crippen LogP contribution >= 0.6 is 0 Å². The Kier molecular flexibility index (Phi) is 40.8. The Hall–Kier alpha value is -4.16. The molecule has 35 N–H and O–H groups in total. The third-order valence-corrected chi connectivity index (χ3v) is 24.2. The van der Waals surface area contributed by atoms with Crippen molar-refractivity contribution in [2.45, 2.75) is 366 Å². The van der Waals surface area contributed by atoms with Crippen LogP contribution in [0.1, 0.15) is 34.6 Å². The van der Waals surface area contributed by atoms with Crippen molar-refractivity contribution in [3.8, 4) is 0 Å². The molecule has 772 valence electrons. The van der Waals surface area contributed by atoms with E-state index in [0.717, 1.165) is 27.7 Å². The van der Waals surface area contributed by atoms with Crippen molar-refractivity contribution < 1.29 is 272 Å². The standard InChI is InChI=1S/C74H126N4O55/c1-17-36(92)47(103)52(108)68(117-17)114-14-23(91)58(37(93)22(6-79)75-18(2)87)127-66-34(77-20(4)89)45(101)60(30(13-86)123-66)129-73-57(113)63(132-74-64(51(107)42(98)28(11-84)122-74)133-67-35(78-21(5)90)46(102)59(29(12-85)124-67)128-71-54(110)49(105)40(96)26(9-82)120-71)61(130-65-33(76-19(3)88)44(100)38(94)24(7-80)118-65)32(126-73)16-116-70-56(112)62(131-72-55(111)50(106)41(97)27(10-83)121-72)43(99)31(125-70)15-115-69-53(109)48(104)39(95)25(8-81)119-69/h17,22-74,79-86,91-113H,6-16H2,1-5H3,(H,75,87)(H,76,88)(H,77,89)(H,78,90)/t17-,22-,23+,24+,25+,26+,27+,28+,29+,30+,31+,32+,33+,34+,35+,36+,37+,38+,39+,40-,41+,42+,43+,44+,45+,46+,47+,48-,49-,50-,51-,52-,53-,54+,55-,56-,57-,58+,59+,60+,61+,62-,63+,64-,65-,66-,67-,68+,69-,70-,71-,72+,73-,74+/m0/s1. The van der Waals surface area contributed by atoms with Gasteiger partial charge in [0.05, 0.1) is 84.8 Å². The Morgan fingerprint density at radius 2 is 0.602 bits per heavy atom. The van der Waals surface area contributed by atoms with Crippen LogP contribution in [0.15, 0.2) is 0 Å². The first-order chi connectivity index (χ1) is 62.8. The fourth-order valence-corrected chi connectivity index (χ4v) is 16.8. The summed E-state index contributed by atoms with van der Waals surface area (Å²) >= 11 is 0. The van der Waals surface area contributed by atoms with Crippen molar-refractivity contribution in [2.24, 2.45) is 0 Å². The Bertz CT molecular complexity index is 3570. The number of nitrogens with one attached hydrogen (secondary N) is 4. The SMILES string of the molecule is CC(=O)N[C@H]1[C@H](O[C@@H]([C@H](O)[C@H](CO)NC(C)=O)[C@H](O)CO[C@@H]2O[C@@H](C)[C@@H](O)[C@@H](O)[C@@H]2O)O[C@H](CO)[C@@H](O[C@@H]2O[C@H](CO[C@H]3O[C@H](CO[C@H]4O[C@H](CO)[C@@H](O)[C@H](O)[C@@H]4O)[C@@H](O)[C@H](O[C@H]4O[C@H](CO)[C@@H](O)[C@H](O)[C@@H]4O)[C@@H]3O)[C@@H](O[C@@H]3O[C@H](CO)[C@@H](O)[C@H](O)[C@H]3NC(C)=O)[C@H](O[C@H]3O[C@H](CO)[C@@H](O)[C@H](O)[C@@H]3O[C@@H]3O[C@H](CO)[C@@H](O[C@@H]4O[C@H](CO)[C@H](O)[C@H](O)[C@H]4O)[C@H](O)[C@H]3NC(C)=O)[C@@H]2O)[C@@H]1O. The topological polar surface area (TPSA) is 928 Å². The number of hydrogen-bond donors (Lipinski definition) is 35. The van der Waals surface area contributed by atoms with E-state index in [1.165, 1.54) is 6.92 Å². The molecule has 0 bridgehead atoms. The first-order valence-electron chi connectivity index (χ1n) is 42.4. The quantitative estimate of drug-likeness (QED) is 0.0273. The van der Waals surface area contributed by atoms with Gasteiger partial charge in [0.15, 0.2) is 62.9 Å². The van der Waals surface area contributed by atoms with E-state index in [0.29, 0.717) is 0 Å². The zero-order chi connectivity index (χ0) is 98.2. The van der Waals surface area contributed by atoms with Gasteiger partial charge in [0, 0.05) is 27.7 Å². The lowest BCUT2D eigenvalue weighted by molar-refractivity contribution is -0.408. The van der Waals surface area contributed by atoms with Crippen LogP contribution in [0.2, 0.25) is 0 Å². The van der Waals surface area contributed by atoms with E-state index in [4.69, 9.17) is 94.7 Å². The second kappa shape index (κ2) is 49.0. The largest absolute Gasteiger partial charge is 0.394 e. The summed E-state index contributed by atoms with van der Waals surface area (Å²) in [5, 5.41) is 357. The van der Waals surface area contributed by atoms with Gasteiger partial charge < -0.3 is 274 Å². The van der Waals surface area contributed by atoms with Gasteiger partial charge in [-0.15, -0.1) is 0 Å². The van der Waals surface area contributed by atoms with Crippen LogP contribution in [-0.4, -0.2) is 586 Å². The molecule has 0 unspecified atom stereocenters. The number of amides is 4. The molecule has 59 heteroatoms. The zero-order valence-electron chi connectivity index (χ0n) is 71.6. The molecule has 0 spiro atoms. The maximum Gasteiger partial charge on any atom is 0.217 e. The Balaban J connectivity index is 1.09. The molecule has 54 atom stereocenters. The van der Waals surface area contributed by atoms with E-state index < -0.39 is 428 Å². The number of rotatable bonds is 38. The van der Waals surface area contributed by atoms with E-state index in [1.54, 1.807) is 0 Å². The van der Waals surface area contributed by atoms with E-state index in [-0.39, 0.29) is 0 Å². The predicted molar refractivity (Wildman–Crippen MR) is 410 cm³/mol. The van der Waals surface area contributed by atoms with Crippen molar-refractivity contribution in [1.29, 1.82) is 0 Å². The van der Waals surface area contributed by atoms with Crippen LogP contribution in [0, 0.1) is 0 Å². The van der Waals surface area contributed by atoms with Crippen LogP contribution in [-0.2, 0) is 114 Å². The van der Waals surface area contributed by atoms with E-state index >= 15 is 0 Å². The molecule has 10 aliphatic rings. The summed E-state index contributed by atoms with van der Waals surface area (Å²) in [5.41, 5.74) is 0. The molecule has 10 fully saturated rings. The molecular formula is C74H126N4O55. The van der Waals surface area contributed by atoms with Gasteiger partial charge in [-0.2, -0.15) is 0 Å². The number of ether oxygens (including phenoxy) is 20. The first-order valence-corrected chi connectivity index (χ1v) is 42.4. The lowest BCUT2D eigenvalue weighted by Gasteiger charge is -2.52. The lowest BCUT2D eigenvalue weighted by Crippen LogP contribution is -2.71. The molecule has 10 saturated heterocycles. The summed E-state index contributed by atoms with van der Waals surface area (Å²) in [6, 6.07) is -8.18. The highest BCUT2D eigenvalue weighted by atomic mass is 16.8. The number of aliphatic hydroxyl groups excluding tert-OH is 31. The van der Waals surface area contributed by atoms with E-state index in [1.807, 2.05) is 0 Å². The van der Waals surface area contributed by atoms with Gasteiger partial charge in [-0.3, -0.25) is 19.2 Å². The fraction of sp³-hybridized carbons (Fsp3) is 0.946. The summed E-state index contributed by atoms with van der Waals surface area (Å²) in [5.74, 6) is -4.08. The molecule has 0 saturated carbocycles. The molecule has 0 aromatic rings. The van der Waals surface area contributed by atoms with Gasteiger partial charge in [0.1, 0.15) is 256 Å². The first kappa shape index (κ1) is 111. The van der Waals surface area contributed by atoms with Gasteiger partial charge in [-0.25, -0.2) is 0 Å². The zero-order valence-corrected chi connectivity index (χ0v) is 71.6. The van der Waals surface area contributed by atoms with Crippen molar-refractivity contribution >= 4 is 23.6 Å². The molecule has 0 radical (unpaired) electrons. The highest BCUT2D eigenvalue weighted by Gasteiger charge is 2.62. The van der Waals surface area contributed by atoms with Crippen molar-refractivity contribution in [3.63, 3.8) is 0 Å². The van der Waals surface area contributed by atoms with Crippen molar-refractivity contribution in [1.82, 2.24) is 21.3 Å². The molecule has 59 nitrogen and oxygen atoms in total. The minimum atomic E-state index is -2.85. The van der Waals surface area contributed by atoms with Crippen molar-refractivity contribution in [2.75, 3.05) is 72.7 Å². The van der Waals surface area contributed by atoms with Crippen LogP contribution in [0.4, 0.5) is 0 Å². The number of aliphatic hydroxyl groups is 31. The number of hydrogen-bond acceptors (Lipinski definition) is 55. The molecule has 4 amide bonds. The van der Waals surface area contributed by atoms with E-state index in [2.05, 4.69) is 21.3 Å². The maximum atomic E-state index is 13.5. The minimum Gasteiger partial charge on any atom is -0.394 e. The third kappa shape index (κ3) is 25.3. The second-order valence-electron chi connectivity index (χ2n) is 33.6. The molecule has 10 heterocycles. The van der Waals surface area contributed by atoms with Crippen LogP contribution in [0.3, 0.4) is 0 Å². The van der Waals surface area contributed by atoms with Crippen LogP contribution in [0.5, 0.6) is 0 Å². The summed E-state index contributed by atoms with van der Waals surface area (Å²) in [7, 11) is 0. The Morgan fingerprint density at radius 3 is 1.06 bits per heavy atom. The molecule has 0 aromatic heterocycles. The third-order valence-electron chi connectivity index (χ3n) is 24.2. The normalized spacial score (nSPS) is 47.6. The fourth-order valence-electron chi connectivity index (χ4n) is 16.8. The molecule has 0 aromatic carbocycles. The smallest absolute Gasteiger partial charge is 0.217 e. The van der Waals surface area contributed by atoms with Crippen LogP contribution in [0.25, 0.3) is 0 Å². The maximum absolute atomic E-state index is 13.5. The second-order valence-corrected chi connectivity index (χ2v) is 33.6. The predicted octanol–water partition coefficient (Wildman–Crippen LogP) is -23.7. The molecule has 133 heavy (non-hydrogen) atoms. The minimum absolute atomic E-state index is 0.851. The number of carbonyl (C=O) groups excluding carboxylic acids is 4. The van der Waals surface area contributed by atoms with Crippen LogP contribution < -0.4 is 21.3 Å². The van der Waals surface area contributed by atoms with Gasteiger partial charge >= 0.3 is 0 Å². The molecular weight excluding hydrogens is 1820 g/mol. The summed E-state index contributed by atoms with van der Waals surface area (Å²) < 4.78 is 120. The summed E-state index contributed by atoms with van der Waals surface area (Å²) in [4.78, 5) is 52.4. The molecule has 10 rings (SSSR count). The van der Waals surface area contributed by atoms with Gasteiger partial charge in [-0.1, -0.05) is 0 Å². The highest BCUT2D eigenvalue weighted by molar-refractivity contribution is 5.74. The van der Waals surface area contributed by atoms with Crippen molar-refractivity contribution in [3.05, 3.63) is 0 Å². The van der Waals surface area contributed by atoms with E-state index in [9.17, 15) is 177 Å². The Labute approximate surface area is 753 Å². The monoisotopic (exact) mass is 1950 g/mol. The molecule has 10 aliphatic heterocycles.